The van der Waals surface area contributed by atoms with Crippen molar-refractivity contribution >= 4 is 57.1 Å². The fourth-order valence-electron chi connectivity index (χ4n) is 6.10. The van der Waals surface area contributed by atoms with E-state index in [0.29, 0.717) is 43.5 Å². The highest BCUT2D eigenvalue weighted by Gasteiger charge is 2.44. The first-order valence-electron chi connectivity index (χ1n) is 16.1. The van der Waals surface area contributed by atoms with Gasteiger partial charge in [-0.25, -0.2) is 0 Å². The molecule has 48 heavy (non-hydrogen) atoms. The highest BCUT2D eigenvalue weighted by Crippen LogP contribution is 2.47. The minimum Gasteiger partial charge on any atom is -0.266 e. The lowest BCUT2D eigenvalue weighted by Gasteiger charge is -2.33. The quantitative estimate of drug-likeness (QED) is 0.0958. The van der Waals surface area contributed by atoms with E-state index >= 15 is 0 Å². The zero-order valence-corrected chi connectivity index (χ0v) is 28.2. The second kappa shape index (κ2) is 14.2. The van der Waals surface area contributed by atoms with Gasteiger partial charge in [-0.2, -0.15) is 10.5 Å². The number of hydrogen-bond acceptors (Lipinski definition) is 10. The summed E-state index contributed by atoms with van der Waals surface area (Å²) in [6.07, 6.45) is 7.01. The molecule has 0 radical (unpaired) electrons. The van der Waals surface area contributed by atoms with Crippen molar-refractivity contribution in [2.24, 2.45) is 0 Å². The number of imide groups is 2. The maximum Gasteiger partial charge on any atom is 0.286 e. The molecule has 0 fully saturated rings. The lowest BCUT2D eigenvalue weighted by molar-refractivity contribution is -0.0967. The summed E-state index contributed by atoms with van der Waals surface area (Å²) in [6, 6.07) is 14.0. The largest absolute Gasteiger partial charge is 0.286 e. The predicted octanol–water partition coefficient (Wildman–Crippen LogP) is 8.26. The Morgan fingerprint density at radius 3 is 1.35 bits per heavy atom. The molecule has 2 aromatic carbocycles. The average Bonchev–Trinajstić information content (AvgIpc) is 3.78. The molecule has 4 aromatic rings. The van der Waals surface area contributed by atoms with Crippen LogP contribution in [0, 0.1) is 22.7 Å². The number of unbranched alkanes of at least 4 members (excludes halogenated alkanes) is 6. The van der Waals surface area contributed by atoms with Gasteiger partial charge >= 0.3 is 0 Å². The number of hydrogen-bond donors (Lipinski definition) is 0. The van der Waals surface area contributed by atoms with Crippen LogP contribution in [0.15, 0.2) is 36.4 Å². The molecular formula is C36H32N4O6S2. The van der Waals surface area contributed by atoms with E-state index in [1.807, 2.05) is 0 Å². The van der Waals surface area contributed by atoms with Gasteiger partial charge in [0.1, 0.15) is 21.9 Å². The molecule has 2 aromatic heterocycles. The number of rotatable bonds is 14. The predicted molar refractivity (Wildman–Crippen MR) is 181 cm³/mol. The molecule has 0 saturated heterocycles. The minimum absolute atomic E-state index is 0.0912. The van der Waals surface area contributed by atoms with E-state index in [0.717, 1.165) is 71.3 Å². The van der Waals surface area contributed by atoms with Gasteiger partial charge in [0.15, 0.2) is 0 Å². The van der Waals surface area contributed by atoms with Gasteiger partial charge in [-0.3, -0.25) is 28.9 Å². The van der Waals surface area contributed by atoms with Gasteiger partial charge in [-0.1, -0.05) is 52.4 Å². The molecule has 0 N–H and O–H groups in total. The van der Waals surface area contributed by atoms with Gasteiger partial charge in [-0.05, 0) is 49.2 Å². The summed E-state index contributed by atoms with van der Waals surface area (Å²) in [7, 11) is 0. The topological polar surface area (TPSA) is 141 Å². The van der Waals surface area contributed by atoms with Crippen molar-refractivity contribution in [3.8, 4) is 33.0 Å². The fourth-order valence-corrected chi connectivity index (χ4v) is 7.75. The molecule has 2 aliphatic rings. The molecule has 0 atom stereocenters. The van der Waals surface area contributed by atoms with Crippen molar-refractivity contribution < 1.29 is 28.9 Å². The number of nitrogens with zero attached hydrogens (tertiary/aromatic N) is 4. The van der Waals surface area contributed by atoms with E-state index in [9.17, 15) is 29.7 Å². The molecule has 0 aliphatic carbocycles. The second-order valence-electron chi connectivity index (χ2n) is 11.6. The van der Waals surface area contributed by atoms with Crippen molar-refractivity contribution in [1.82, 2.24) is 10.1 Å². The molecule has 4 heterocycles. The Morgan fingerprint density at radius 1 is 0.583 bits per heavy atom. The molecule has 244 valence electrons. The van der Waals surface area contributed by atoms with Crippen molar-refractivity contribution in [3.63, 3.8) is 0 Å². The highest BCUT2D eigenvalue weighted by molar-refractivity contribution is 7.16. The number of benzene rings is 2. The van der Waals surface area contributed by atoms with Gasteiger partial charge in [0.05, 0.1) is 35.5 Å². The Morgan fingerprint density at radius 2 is 1.00 bits per heavy atom. The molecule has 6 rings (SSSR count). The fraction of sp³-hybridized carbons (Fsp3) is 0.333. The summed E-state index contributed by atoms with van der Waals surface area (Å²) in [5.74, 6) is -2.86. The zero-order valence-electron chi connectivity index (χ0n) is 26.6. The number of hydroxylamine groups is 4. The number of carbonyl (C=O) groups excluding carboxylic acids is 4. The van der Waals surface area contributed by atoms with Crippen LogP contribution in [0.1, 0.15) is 116 Å². The van der Waals surface area contributed by atoms with Crippen molar-refractivity contribution in [3.05, 3.63) is 68.4 Å². The van der Waals surface area contributed by atoms with E-state index in [-0.39, 0.29) is 46.2 Å². The molecule has 12 heteroatoms. The van der Waals surface area contributed by atoms with Crippen molar-refractivity contribution in [2.45, 2.75) is 65.2 Å². The van der Waals surface area contributed by atoms with Crippen LogP contribution in [0.2, 0.25) is 0 Å². The van der Waals surface area contributed by atoms with E-state index < -0.39 is 23.6 Å². The normalized spacial score (nSPS) is 13.8. The number of nitriles is 2. The van der Waals surface area contributed by atoms with Crippen LogP contribution in [0.25, 0.3) is 31.7 Å². The first-order chi connectivity index (χ1) is 23.3. The summed E-state index contributed by atoms with van der Waals surface area (Å²) in [6.45, 7) is 4.45. The lowest BCUT2D eigenvalue weighted by atomic mass is 9.81. The van der Waals surface area contributed by atoms with Crippen molar-refractivity contribution in [1.29, 1.82) is 10.5 Å². The van der Waals surface area contributed by atoms with Crippen LogP contribution in [0.5, 0.6) is 0 Å². The van der Waals surface area contributed by atoms with Crippen LogP contribution >= 0.6 is 22.7 Å². The Labute approximate surface area is 285 Å². The summed E-state index contributed by atoms with van der Waals surface area (Å²) < 4.78 is 0. The Kier molecular flexibility index (Phi) is 9.81. The SMILES string of the molecule is CCCCCCON1C(=O)c2cc(-c3ccc(C#N)s3)c3c4c(cc(-c5ccc(C#N)s5)c(c24)C1=O)C(=O)N(OCCCCCC)C3=O. The Hall–Kier alpha value is -4.72. The number of carbonyl (C=O) groups is 4. The van der Waals surface area contributed by atoms with Gasteiger partial charge < -0.3 is 0 Å². The van der Waals surface area contributed by atoms with E-state index in [1.165, 1.54) is 0 Å². The van der Waals surface area contributed by atoms with Gasteiger partial charge in [0.2, 0.25) is 0 Å². The van der Waals surface area contributed by atoms with Crippen LogP contribution < -0.4 is 0 Å². The Bertz CT molecular complexity index is 1900. The van der Waals surface area contributed by atoms with Gasteiger partial charge in [0, 0.05) is 31.7 Å². The minimum atomic E-state index is -0.715. The van der Waals surface area contributed by atoms with E-state index in [4.69, 9.17) is 9.68 Å². The summed E-state index contributed by atoms with van der Waals surface area (Å²) in [5, 5.41) is 21.0. The molecule has 4 amide bonds. The summed E-state index contributed by atoms with van der Waals surface area (Å²) >= 11 is 2.29. The number of thiophene rings is 2. The molecule has 0 saturated carbocycles. The zero-order chi connectivity index (χ0) is 33.9. The molecule has 0 unspecified atom stereocenters. The molecule has 0 bridgehead atoms. The maximum atomic E-state index is 14.3. The summed E-state index contributed by atoms with van der Waals surface area (Å²) in [4.78, 5) is 70.4. The number of amides is 4. The molecule has 2 aliphatic heterocycles. The Balaban J connectivity index is 1.60. The average molecular weight is 681 g/mol. The van der Waals surface area contributed by atoms with Gasteiger partial charge in [-0.15, -0.1) is 32.8 Å². The molecule has 10 nitrogen and oxygen atoms in total. The third-order valence-corrected chi connectivity index (χ3v) is 10.5. The van der Waals surface area contributed by atoms with Crippen LogP contribution in [-0.4, -0.2) is 47.0 Å². The monoisotopic (exact) mass is 680 g/mol. The van der Waals surface area contributed by atoms with Crippen LogP contribution in [0.4, 0.5) is 0 Å². The van der Waals surface area contributed by atoms with Crippen LogP contribution in [0.3, 0.4) is 0 Å². The second-order valence-corrected chi connectivity index (χ2v) is 13.8. The lowest BCUT2D eigenvalue weighted by Crippen LogP contribution is -2.44. The highest BCUT2D eigenvalue weighted by atomic mass is 32.1. The standard InChI is InChI=1S/C36H32N4O6S2/c1-3-5-7-9-15-45-39-33(41)25-17-24(28-14-12-22(20-38)48-28)32-30-26(34(42)40(36(32)44)46-16-10-8-6-4-2)18-23(31(29(25)30)35(39)43)27-13-11-21(19-37)47-27/h11-14,17-18H,3-10,15-16H2,1-2H3. The smallest absolute Gasteiger partial charge is 0.266 e. The first kappa shape index (κ1) is 33.2. The molecule has 0 spiro atoms. The van der Waals surface area contributed by atoms with E-state index in [2.05, 4.69) is 26.0 Å². The maximum absolute atomic E-state index is 14.3. The third kappa shape index (κ3) is 5.82. The van der Waals surface area contributed by atoms with Crippen LogP contribution in [-0.2, 0) is 9.68 Å². The molecular weight excluding hydrogens is 649 g/mol. The summed E-state index contributed by atoms with van der Waals surface area (Å²) in [5.41, 5.74) is 1.08. The van der Waals surface area contributed by atoms with Gasteiger partial charge in [0.25, 0.3) is 23.6 Å². The van der Waals surface area contributed by atoms with Crippen molar-refractivity contribution in [2.75, 3.05) is 13.2 Å². The van der Waals surface area contributed by atoms with E-state index in [1.54, 1.807) is 36.4 Å². The third-order valence-electron chi connectivity index (χ3n) is 8.43. The first-order valence-corrected chi connectivity index (χ1v) is 17.7.